The van der Waals surface area contributed by atoms with Crippen molar-refractivity contribution in [3.8, 4) is 0 Å². The number of anilines is 1. The van der Waals surface area contributed by atoms with Gasteiger partial charge in [0, 0.05) is 5.39 Å². The highest BCUT2D eigenvalue weighted by molar-refractivity contribution is 7.92. The number of hydrogen-bond acceptors (Lipinski definition) is 5. The molecule has 0 aliphatic rings. The van der Waals surface area contributed by atoms with Crippen LogP contribution in [-0.4, -0.2) is 25.1 Å². The molecular formula is C19H14N2O3S2. The van der Waals surface area contributed by atoms with Gasteiger partial charge in [-0.1, -0.05) is 59.9 Å². The maximum Gasteiger partial charge on any atom is 0.241 e. The van der Waals surface area contributed by atoms with Crippen LogP contribution in [0.25, 0.3) is 21.0 Å². The minimum absolute atomic E-state index is 0.130. The van der Waals surface area contributed by atoms with Crippen LogP contribution >= 0.6 is 11.3 Å². The average molecular weight is 382 g/mol. The van der Waals surface area contributed by atoms with Crippen molar-refractivity contribution in [1.29, 1.82) is 0 Å². The predicted octanol–water partition coefficient (Wildman–Crippen LogP) is 3.86. The van der Waals surface area contributed by atoms with Gasteiger partial charge >= 0.3 is 0 Å². The summed E-state index contributed by atoms with van der Waals surface area (Å²) >= 11 is 1.32. The molecule has 1 heterocycles. The van der Waals surface area contributed by atoms with Crippen molar-refractivity contribution in [2.45, 2.75) is 4.90 Å². The van der Waals surface area contributed by atoms with Crippen molar-refractivity contribution in [3.05, 3.63) is 66.7 Å². The molecular weight excluding hydrogens is 368 g/mol. The molecule has 26 heavy (non-hydrogen) atoms. The third-order valence-electron chi connectivity index (χ3n) is 3.95. The highest BCUT2D eigenvalue weighted by Gasteiger charge is 2.20. The lowest BCUT2D eigenvalue weighted by atomic mass is 10.1. The van der Waals surface area contributed by atoms with E-state index in [1.807, 2.05) is 36.4 Å². The third-order valence-corrected chi connectivity index (χ3v) is 6.52. The van der Waals surface area contributed by atoms with E-state index in [1.54, 1.807) is 18.2 Å². The number of rotatable bonds is 4. The standard InChI is InChI=1S/C19H14N2O3S2/c22-17(12-26(23,24)14-7-2-1-3-8-14)20-19-21-18-15-9-5-4-6-13(15)10-11-16(18)25-19/h1-11H,12H2,(H,20,21,22). The molecule has 0 aliphatic carbocycles. The normalized spacial score (nSPS) is 11.7. The molecule has 0 aliphatic heterocycles. The summed E-state index contributed by atoms with van der Waals surface area (Å²) in [5.74, 6) is -1.22. The number of sulfone groups is 1. The Morgan fingerprint density at radius 3 is 2.50 bits per heavy atom. The van der Waals surface area contributed by atoms with Gasteiger partial charge in [0.05, 0.1) is 15.1 Å². The van der Waals surface area contributed by atoms with E-state index in [0.29, 0.717) is 5.13 Å². The molecule has 0 bridgehead atoms. The summed E-state index contributed by atoms with van der Waals surface area (Å²) in [5, 5.41) is 5.07. The first-order valence-electron chi connectivity index (χ1n) is 7.89. The first-order valence-corrected chi connectivity index (χ1v) is 10.4. The smallest absolute Gasteiger partial charge is 0.241 e. The summed E-state index contributed by atoms with van der Waals surface area (Å²) in [6.45, 7) is 0. The van der Waals surface area contributed by atoms with Crippen molar-refractivity contribution in [2.75, 3.05) is 11.1 Å². The Bertz CT molecular complexity index is 1220. The van der Waals surface area contributed by atoms with Crippen molar-refractivity contribution in [3.63, 3.8) is 0 Å². The van der Waals surface area contributed by atoms with E-state index in [9.17, 15) is 13.2 Å². The van der Waals surface area contributed by atoms with Gasteiger partial charge in [-0.15, -0.1) is 0 Å². The van der Waals surface area contributed by atoms with Crippen LogP contribution in [0, 0.1) is 0 Å². The summed E-state index contributed by atoms with van der Waals surface area (Å²) < 4.78 is 25.5. The van der Waals surface area contributed by atoms with Gasteiger partial charge in [-0.05, 0) is 23.6 Å². The third kappa shape index (κ3) is 3.18. The molecule has 0 radical (unpaired) electrons. The van der Waals surface area contributed by atoms with E-state index in [0.717, 1.165) is 21.0 Å². The van der Waals surface area contributed by atoms with E-state index >= 15 is 0 Å². The van der Waals surface area contributed by atoms with E-state index in [2.05, 4.69) is 10.3 Å². The first kappa shape index (κ1) is 16.7. The van der Waals surface area contributed by atoms with Gasteiger partial charge in [-0.2, -0.15) is 0 Å². The second-order valence-electron chi connectivity index (χ2n) is 5.77. The van der Waals surface area contributed by atoms with Gasteiger partial charge in [0.25, 0.3) is 0 Å². The molecule has 1 aromatic heterocycles. The first-order chi connectivity index (χ1) is 12.5. The molecule has 130 valence electrons. The van der Waals surface area contributed by atoms with E-state index in [4.69, 9.17) is 0 Å². The van der Waals surface area contributed by atoms with Gasteiger partial charge in [-0.25, -0.2) is 13.4 Å². The summed E-state index contributed by atoms with van der Waals surface area (Å²) in [5.41, 5.74) is 0.800. The van der Waals surface area contributed by atoms with Crippen LogP contribution in [0.2, 0.25) is 0 Å². The Labute approximate surface area is 154 Å². The zero-order chi connectivity index (χ0) is 18.1. The number of thiazole rings is 1. The Kier molecular flexibility index (Phi) is 4.18. The molecule has 5 nitrogen and oxygen atoms in total. The Balaban J connectivity index is 1.59. The van der Waals surface area contributed by atoms with E-state index in [1.165, 1.54) is 23.5 Å². The van der Waals surface area contributed by atoms with Crippen LogP contribution in [0.3, 0.4) is 0 Å². The summed E-state index contributed by atoms with van der Waals surface area (Å²) in [4.78, 5) is 16.8. The maximum absolute atomic E-state index is 12.3. The second-order valence-corrected chi connectivity index (χ2v) is 8.79. The number of nitrogens with one attached hydrogen (secondary N) is 1. The highest BCUT2D eigenvalue weighted by atomic mass is 32.2. The molecule has 4 aromatic rings. The SMILES string of the molecule is O=C(CS(=O)(=O)c1ccccc1)Nc1nc2c(ccc3ccccc32)s1. The van der Waals surface area contributed by atoms with E-state index < -0.39 is 21.5 Å². The van der Waals surface area contributed by atoms with Crippen LogP contribution in [-0.2, 0) is 14.6 Å². The lowest BCUT2D eigenvalue weighted by molar-refractivity contribution is -0.113. The molecule has 1 N–H and O–H groups in total. The number of hydrogen-bond donors (Lipinski definition) is 1. The monoisotopic (exact) mass is 382 g/mol. The van der Waals surface area contributed by atoms with Gasteiger partial charge in [0.2, 0.25) is 5.91 Å². The number of benzene rings is 3. The van der Waals surface area contributed by atoms with Crippen molar-refractivity contribution in [2.24, 2.45) is 0 Å². The largest absolute Gasteiger partial charge is 0.301 e. The van der Waals surface area contributed by atoms with Crippen LogP contribution < -0.4 is 5.32 Å². The Morgan fingerprint density at radius 2 is 1.69 bits per heavy atom. The number of aromatic nitrogens is 1. The number of fused-ring (bicyclic) bond motifs is 3. The molecule has 7 heteroatoms. The Hall–Kier alpha value is -2.77. The molecule has 0 unspecified atom stereocenters. The fourth-order valence-electron chi connectivity index (χ4n) is 2.75. The molecule has 0 atom stereocenters. The quantitative estimate of drug-likeness (QED) is 0.581. The maximum atomic E-state index is 12.3. The second kappa shape index (κ2) is 6.51. The van der Waals surface area contributed by atoms with Gasteiger partial charge < -0.3 is 5.32 Å². The summed E-state index contributed by atoms with van der Waals surface area (Å²) in [6, 6.07) is 19.8. The molecule has 4 rings (SSSR count). The predicted molar refractivity (Wildman–Crippen MR) is 104 cm³/mol. The van der Waals surface area contributed by atoms with Crippen LogP contribution in [0.1, 0.15) is 0 Å². The summed E-state index contributed by atoms with van der Waals surface area (Å²) in [7, 11) is -3.68. The number of carbonyl (C=O) groups is 1. The topological polar surface area (TPSA) is 76.1 Å². The zero-order valence-electron chi connectivity index (χ0n) is 13.5. The van der Waals surface area contributed by atoms with Crippen LogP contribution in [0.5, 0.6) is 0 Å². The Morgan fingerprint density at radius 1 is 0.962 bits per heavy atom. The van der Waals surface area contributed by atoms with Crippen molar-refractivity contribution in [1.82, 2.24) is 4.98 Å². The minimum Gasteiger partial charge on any atom is -0.301 e. The molecule has 1 amide bonds. The minimum atomic E-state index is -3.68. The number of carbonyl (C=O) groups excluding carboxylic acids is 1. The van der Waals surface area contributed by atoms with Crippen molar-refractivity contribution >= 4 is 53.2 Å². The lowest BCUT2D eigenvalue weighted by Gasteiger charge is -2.04. The zero-order valence-corrected chi connectivity index (χ0v) is 15.2. The molecule has 0 saturated carbocycles. The molecule has 3 aromatic carbocycles. The molecule has 0 saturated heterocycles. The van der Waals surface area contributed by atoms with Gasteiger partial charge in [0.1, 0.15) is 5.75 Å². The van der Waals surface area contributed by atoms with Gasteiger partial charge in [-0.3, -0.25) is 4.79 Å². The summed E-state index contributed by atoms with van der Waals surface area (Å²) in [6.07, 6.45) is 0. The molecule has 0 fully saturated rings. The lowest BCUT2D eigenvalue weighted by Crippen LogP contribution is -2.22. The average Bonchev–Trinajstić information content (AvgIpc) is 3.04. The fourth-order valence-corrected chi connectivity index (χ4v) is 4.81. The number of amides is 1. The van der Waals surface area contributed by atoms with E-state index in [-0.39, 0.29) is 4.90 Å². The van der Waals surface area contributed by atoms with Crippen LogP contribution in [0.15, 0.2) is 71.6 Å². The van der Waals surface area contributed by atoms with Crippen molar-refractivity contribution < 1.29 is 13.2 Å². The highest BCUT2D eigenvalue weighted by Crippen LogP contribution is 2.31. The number of nitrogens with zero attached hydrogens (tertiary/aromatic N) is 1. The van der Waals surface area contributed by atoms with Crippen LogP contribution in [0.4, 0.5) is 5.13 Å². The molecule has 0 spiro atoms. The van der Waals surface area contributed by atoms with Gasteiger partial charge in [0.15, 0.2) is 15.0 Å². The fraction of sp³-hybridized carbons (Fsp3) is 0.0526.